The quantitative estimate of drug-likeness (QED) is 0.456. The smallest absolute Gasteiger partial charge is 0.239 e. The number of nitrogens with zero attached hydrogens (tertiary/aromatic N) is 1. The minimum atomic E-state index is -0.215. The molecular formula is C23H22N4O2. The van der Waals surface area contributed by atoms with Crippen molar-refractivity contribution in [2.75, 3.05) is 13.1 Å². The number of carbonyl (C=O) groups excluding carboxylic acids is 2. The summed E-state index contributed by atoms with van der Waals surface area (Å²) in [6, 6.07) is 21.7. The van der Waals surface area contributed by atoms with Crippen molar-refractivity contribution in [3.05, 3.63) is 78.1 Å². The number of aromatic nitrogens is 2. The fourth-order valence-electron chi connectivity index (χ4n) is 3.37. The van der Waals surface area contributed by atoms with Crippen LogP contribution in [0.1, 0.15) is 11.4 Å². The monoisotopic (exact) mass is 386 g/mol. The Morgan fingerprint density at radius 1 is 0.862 bits per heavy atom. The van der Waals surface area contributed by atoms with Crippen molar-refractivity contribution < 1.29 is 9.59 Å². The Bertz CT molecular complexity index is 1130. The van der Waals surface area contributed by atoms with Crippen LogP contribution in [0, 0.1) is 0 Å². The Balaban J connectivity index is 1.23. The van der Waals surface area contributed by atoms with Crippen molar-refractivity contribution in [1.29, 1.82) is 0 Å². The first-order chi connectivity index (χ1) is 14.2. The zero-order valence-electron chi connectivity index (χ0n) is 15.9. The summed E-state index contributed by atoms with van der Waals surface area (Å²) in [5.41, 5.74) is 2.84. The van der Waals surface area contributed by atoms with Crippen molar-refractivity contribution in [2.45, 2.75) is 12.8 Å². The van der Waals surface area contributed by atoms with Gasteiger partial charge in [-0.2, -0.15) is 0 Å². The highest BCUT2D eigenvalue weighted by atomic mass is 16.2. The molecule has 29 heavy (non-hydrogen) atoms. The molecule has 0 spiro atoms. The number of para-hydroxylation sites is 2. The summed E-state index contributed by atoms with van der Waals surface area (Å²) in [6.45, 7) is 0.418. The van der Waals surface area contributed by atoms with Crippen LogP contribution < -0.4 is 10.6 Å². The van der Waals surface area contributed by atoms with E-state index >= 15 is 0 Å². The van der Waals surface area contributed by atoms with Crippen LogP contribution in [0.4, 0.5) is 0 Å². The third-order valence-electron chi connectivity index (χ3n) is 4.80. The third-order valence-corrected chi connectivity index (χ3v) is 4.80. The van der Waals surface area contributed by atoms with E-state index in [1.165, 1.54) is 0 Å². The maximum Gasteiger partial charge on any atom is 0.239 e. The van der Waals surface area contributed by atoms with Gasteiger partial charge >= 0.3 is 0 Å². The number of benzene rings is 3. The molecule has 3 aromatic carbocycles. The maximum absolute atomic E-state index is 12.2. The van der Waals surface area contributed by atoms with Crippen molar-refractivity contribution >= 4 is 33.6 Å². The van der Waals surface area contributed by atoms with E-state index in [9.17, 15) is 9.59 Å². The molecule has 4 aromatic rings. The van der Waals surface area contributed by atoms with Crippen molar-refractivity contribution in [2.24, 2.45) is 0 Å². The van der Waals surface area contributed by atoms with Crippen LogP contribution >= 0.6 is 0 Å². The number of carbonyl (C=O) groups is 2. The Labute approximate surface area is 168 Å². The first kappa shape index (κ1) is 18.7. The van der Waals surface area contributed by atoms with Crippen LogP contribution in [-0.2, 0) is 22.4 Å². The summed E-state index contributed by atoms with van der Waals surface area (Å²) in [5.74, 6) is 0.438. The highest BCUT2D eigenvalue weighted by molar-refractivity contribution is 5.91. The summed E-state index contributed by atoms with van der Waals surface area (Å²) in [7, 11) is 0. The number of imidazole rings is 1. The summed E-state index contributed by atoms with van der Waals surface area (Å²) >= 11 is 0. The predicted molar refractivity (Wildman–Crippen MR) is 113 cm³/mol. The van der Waals surface area contributed by atoms with Crippen LogP contribution in [0.15, 0.2) is 66.7 Å². The molecule has 6 nitrogen and oxygen atoms in total. The van der Waals surface area contributed by atoms with Gasteiger partial charge in [0.15, 0.2) is 0 Å². The molecule has 1 heterocycles. The molecule has 0 saturated heterocycles. The van der Waals surface area contributed by atoms with Gasteiger partial charge in [-0.15, -0.1) is 0 Å². The number of hydrogen-bond acceptors (Lipinski definition) is 3. The SMILES string of the molecule is O=C(CNC(=O)Cc1cccc2ccccc12)NCCc1nc2ccccc2[nH]1. The fraction of sp³-hybridized carbons (Fsp3) is 0.174. The summed E-state index contributed by atoms with van der Waals surface area (Å²) in [5, 5.41) is 7.66. The van der Waals surface area contributed by atoms with Crippen LogP contribution in [-0.4, -0.2) is 34.9 Å². The minimum Gasteiger partial charge on any atom is -0.354 e. The number of rotatable bonds is 7. The normalized spacial score (nSPS) is 10.9. The second-order valence-corrected chi connectivity index (χ2v) is 6.89. The Kier molecular flexibility index (Phi) is 5.52. The van der Waals surface area contributed by atoms with Crippen molar-refractivity contribution in [1.82, 2.24) is 20.6 Å². The van der Waals surface area contributed by atoms with Gasteiger partial charge in [0.1, 0.15) is 5.82 Å². The molecule has 1 aromatic heterocycles. The van der Waals surface area contributed by atoms with Gasteiger partial charge in [0.05, 0.1) is 24.0 Å². The van der Waals surface area contributed by atoms with Crippen LogP contribution in [0.3, 0.4) is 0 Å². The highest BCUT2D eigenvalue weighted by Crippen LogP contribution is 2.18. The molecule has 0 aliphatic carbocycles. The van der Waals surface area contributed by atoms with E-state index in [2.05, 4.69) is 20.6 Å². The van der Waals surface area contributed by atoms with Gasteiger partial charge in [0, 0.05) is 13.0 Å². The highest BCUT2D eigenvalue weighted by Gasteiger charge is 2.09. The molecule has 2 amide bonds. The summed E-state index contributed by atoms with van der Waals surface area (Å²) < 4.78 is 0. The minimum absolute atomic E-state index is 0.0380. The van der Waals surface area contributed by atoms with Crippen LogP contribution in [0.25, 0.3) is 21.8 Å². The average Bonchev–Trinajstić information content (AvgIpc) is 3.15. The number of hydrogen-bond donors (Lipinski definition) is 3. The summed E-state index contributed by atoms with van der Waals surface area (Å²) in [6.07, 6.45) is 0.845. The summed E-state index contributed by atoms with van der Waals surface area (Å²) in [4.78, 5) is 32.0. The van der Waals surface area contributed by atoms with E-state index in [4.69, 9.17) is 0 Å². The standard InChI is InChI=1S/C23H22N4O2/c28-22(14-17-8-5-7-16-6-1-2-9-18(16)17)25-15-23(29)24-13-12-21-26-19-10-3-4-11-20(19)27-21/h1-11H,12-15H2,(H,24,29)(H,25,28)(H,26,27). The molecule has 146 valence electrons. The molecule has 3 N–H and O–H groups in total. The van der Waals surface area contributed by atoms with E-state index in [-0.39, 0.29) is 24.8 Å². The lowest BCUT2D eigenvalue weighted by molar-refractivity contribution is -0.125. The molecule has 0 saturated carbocycles. The Hall–Kier alpha value is -3.67. The molecule has 4 rings (SSSR count). The Morgan fingerprint density at radius 3 is 2.55 bits per heavy atom. The van der Waals surface area contributed by atoms with Gasteiger partial charge in [-0.25, -0.2) is 4.98 Å². The lowest BCUT2D eigenvalue weighted by Crippen LogP contribution is -2.38. The molecule has 0 aliphatic rings. The fourth-order valence-corrected chi connectivity index (χ4v) is 3.37. The van der Waals surface area contributed by atoms with E-state index in [1.54, 1.807) is 0 Å². The molecule has 0 fully saturated rings. The van der Waals surface area contributed by atoms with Gasteiger partial charge in [0.25, 0.3) is 0 Å². The zero-order chi connectivity index (χ0) is 20.1. The molecule has 0 aliphatic heterocycles. The molecule has 0 bridgehead atoms. The number of fused-ring (bicyclic) bond motifs is 2. The van der Waals surface area contributed by atoms with E-state index in [0.717, 1.165) is 33.2 Å². The molecule has 6 heteroatoms. The number of nitrogens with one attached hydrogen (secondary N) is 3. The second kappa shape index (κ2) is 8.56. The van der Waals surface area contributed by atoms with Gasteiger partial charge < -0.3 is 15.6 Å². The topological polar surface area (TPSA) is 86.9 Å². The van der Waals surface area contributed by atoms with Gasteiger partial charge in [-0.1, -0.05) is 54.6 Å². The largest absolute Gasteiger partial charge is 0.354 e. The average molecular weight is 386 g/mol. The number of amides is 2. The van der Waals surface area contributed by atoms with Crippen LogP contribution in [0.2, 0.25) is 0 Å². The maximum atomic E-state index is 12.2. The molecular weight excluding hydrogens is 364 g/mol. The second-order valence-electron chi connectivity index (χ2n) is 6.89. The Morgan fingerprint density at radius 2 is 1.66 bits per heavy atom. The van der Waals surface area contributed by atoms with Gasteiger partial charge in [-0.3, -0.25) is 9.59 Å². The number of aromatic amines is 1. The lowest BCUT2D eigenvalue weighted by atomic mass is 10.0. The van der Waals surface area contributed by atoms with E-state index in [0.29, 0.717) is 13.0 Å². The number of H-pyrrole nitrogens is 1. The van der Waals surface area contributed by atoms with Crippen molar-refractivity contribution in [3.8, 4) is 0 Å². The van der Waals surface area contributed by atoms with Crippen molar-refractivity contribution in [3.63, 3.8) is 0 Å². The van der Waals surface area contributed by atoms with Crippen LogP contribution in [0.5, 0.6) is 0 Å². The predicted octanol–water partition coefficient (Wildman–Crippen LogP) is 2.73. The first-order valence-electron chi connectivity index (χ1n) is 9.63. The lowest BCUT2D eigenvalue weighted by Gasteiger charge is -2.08. The zero-order valence-corrected chi connectivity index (χ0v) is 15.9. The first-order valence-corrected chi connectivity index (χ1v) is 9.63. The molecule has 0 radical (unpaired) electrons. The van der Waals surface area contributed by atoms with E-state index in [1.807, 2.05) is 66.7 Å². The molecule has 0 unspecified atom stereocenters. The van der Waals surface area contributed by atoms with Gasteiger partial charge in [-0.05, 0) is 28.5 Å². The van der Waals surface area contributed by atoms with Gasteiger partial charge in [0.2, 0.25) is 11.8 Å². The molecule has 0 atom stereocenters. The third kappa shape index (κ3) is 4.60. The van der Waals surface area contributed by atoms with E-state index < -0.39 is 0 Å².